The Hall–Kier alpha value is -2.70. The topological polar surface area (TPSA) is 96.5 Å². The zero-order chi connectivity index (χ0) is 14.7. The average molecular weight is 275 g/mol. The van der Waals surface area contributed by atoms with Crippen LogP contribution in [0.1, 0.15) is 32.3 Å². The van der Waals surface area contributed by atoms with Gasteiger partial charge in [0.05, 0.1) is 12.1 Å². The molecule has 1 N–H and O–H groups in total. The molecule has 2 heterocycles. The van der Waals surface area contributed by atoms with Crippen LogP contribution in [-0.2, 0) is 6.54 Å². The first kappa shape index (κ1) is 13.7. The molecule has 0 aliphatic heterocycles. The summed E-state index contributed by atoms with van der Waals surface area (Å²) in [7, 11) is 1.55. The van der Waals surface area contributed by atoms with Crippen molar-refractivity contribution in [3.05, 3.63) is 47.1 Å². The summed E-state index contributed by atoms with van der Waals surface area (Å²) in [5, 5.41) is 12.8. The minimum absolute atomic E-state index is 0.0947. The van der Waals surface area contributed by atoms with Crippen LogP contribution in [0.15, 0.2) is 28.9 Å². The number of carbonyl (C=O) groups excluding carboxylic acids is 1. The molecule has 0 aliphatic carbocycles. The van der Waals surface area contributed by atoms with Gasteiger partial charge in [0.25, 0.3) is 5.91 Å². The predicted octanol–water partition coefficient (Wildman–Crippen LogP) is 1.35. The Morgan fingerprint density at radius 3 is 2.80 bits per heavy atom. The molecule has 2 aromatic heterocycles. The lowest BCUT2D eigenvalue weighted by atomic mass is 10.1. The van der Waals surface area contributed by atoms with Crippen molar-refractivity contribution in [2.24, 2.45) is 0 Å². The van der Waals surface area contributed by atoms with E-state index in [4.69, 9.17) is 9.63 Å². The molecule has 2 rings (SSSR count). The minimum atomic E-state index is -1.19. The Morgan fingerprint density at radius 2 is 2.20 bits per heavy atom. The van der Waals surface area contributed by atoms with Crippen LogP contribution in [0.3, 0.4) is 0 Å². The van der Waals surface area contributed by atoms with Crippen LogP contribution < -0.4 is 0 Å². The number of hydrogen-bond acceptors (Lipinski definition) is 5. The fourth-order valence-electron chi connectivity index (χ4n) is 1.74. The number of carboxylic acid groups (broad SMARTS) is 1. The van der Waals surface area contributed by atoms with Gasteiger partial charge in [0, 0.05) is 19.3 Å². The van der Waals surface area contributed by atoms with Gasteiger partial charge in [-0.15, -0.1) is 0 Å². The van der Waals surface area contributed by atoms with E-state index in [9.17, 15) is 9.59 Å². The van der Waals surface area contributed by atoms with Gasteiger partial charge in [-0.1, -0.05) is 5.16 Å². The molecule has 0 spiro atoms. The van der Waals surface area contributed by atoms with Crippen LogP contribution in [0.4, 0.5) is 0 Å². The summed E-state index contributed by atoms with van der Waals surface area (Å²) >= 11 is 0. The third kappa shape index (κ3) is 2.82. The highest BCUT2D eigenvalue weighted by Crippen LogP contribution is 2.11. The lowest BCUT2D eigenvalue weighted by Crippen LogP contribution is -2.28. The molecular formula is C13H13N3O4. The average Bonchev–Trinajstić information content (AvgIpc) is 2.83. The highest BCUT2D eigenvalue weighted by atomic mass is 16.5. The van der Waals surface area contributed by atoms with Gasteiger partial charge in [0.2, 0.25) is 0 Å². The van der Waals surface area contributed by atoms with Crippen LogP contribution in [0.2, 0.25) is 0 Å². The molecule has 104 valence electrons. The number of carboxylic acids is 1. The number of carbonyl (C=O) groups is 2. The Morgan fingerprint density at radius 1 is 1.45 bits per heavy atom. The summed E-state index contributed by atoms with van der Waals surface area (Å²) in [6, 6.07) is 4.53. The van der Waals surface area contributed by atoms with E-state index in [1.165, 1.54) is 23.2 Å². The maximum atomic E-state index is 12.2. The summed E-state index contributed by atoms with van der Waals surface area (Å²) in [5.41, 5.74) is 0.370. The smallest absolute Gasteiger partial charge is 0.338 e. The van der Waals surface area contributed by atoms with Crippen molar-refractivity contribution in [1.29, 1.82) is 0 Å². The molecule has 0 atom stereocenters. The predicted molar refractivity (Wildman–Crippen MR) is 68.2 cm³/mol. The first-order valence-corrected chi connectivity index (χ1v) is 5.85. The highest BCUT2D eigenvalue weighted by molar-refractivity contribution is 6.03. The van der Waals surface area contributed by atoms with Gasteiger partial charge in [-0.05, 0) is 19.1 Å². The summed E-state index contributed by atoms with van der Waals surface area (Å²) in [4.78, 5) is 28.5. The first-order valence-electron chi connectivity index (χ1n) is 5.85. The Labute approximate surface area is 114 Å². The van der Waals surface area contributed by atoms with Crippen molar-refractivity contribution in [3.8, 4) is 0 Å². The molecular weight excluding hydrogens is 262 g/mol. The van der Waals surface area contributed by atoms with Gasteiger partial charge in [-0.3, -0.25) is 9.78 Å². The molecule has 20 heavy (non-hydrogen) atoms. The second-order valence-electron chi connectivity index (χ2n) is 4.29. The summed E-state index contributed by atoms with van der Waals surface area (Å²) in [6.45, 7) is 1.96. The molecule has 0 aromatic carbocycles. The lowest BCUT2D eigenvalue weighted by Gasteiger charge is -2.15. The number of hydrogen-bond donors (Lipinski definition) is 1. The Kier molecular flexibility index (Phi) is 3.79. The van der Waals surface area contributed by atoms with E-state index < -0.39 is 11.9 Å². The van der Waals surface area contributed by atoms with E-state index in [1.807, 2.05) is 0 Å². The second kappa shape index (κ2) is 5.52. The SMILES string of the molecule is Cc1cc(CN(C)C(=O)c2ncccc2C(=O)O)no1. The molecule has 0 unspecified atom stereocenters. The zero-order valence-corrected chi connectivity index (χ0v) is 11.0. The van der Waals surface area contributed by atoms with Crippen LogP contribution in [0.25, 0.3) is 0 Å². The van der Waals surface area contributed by atoms with Gasteiger partial charge in [-0.25, -0.2) is 4.79 Å². The van der Waals surface area contributed by atoms with Crippen molar-refractivity contribution >= 4 is 11.9 Å². The van der Waals surface area contributed by atoms with Crippen molar-refractivity contribution in [2.45, 2.75) is 13.5 Å². The lowest BCUT2D eigenvalue weighted by molar-refractivity contribution is 0.0677. The minimum Gasteiger partial charge on any atom is -0.478 e. The van der Waals surface area contributed by atoms with Crippen LogP contribution in [0, 0.1) is 6.92 Å². The van der Waals surface area contributed by atoms with Crippen molar-refractivity contribution < 1.29 is 19.2 Å². The quantitative estimate of drug-likeness (QED) is 0.904. The molecule has 0 fully saturated rings. The van der Waals surface area contributed by atoms with E-state index in [1.54, 1.807) is 20.0 Å². The van der Waals surface area contributed by atoms with E-state index in [-0.39, 0.29) is 17.8 Å². The summed E-state index contributed by atoms with van der Waals surface area (Å²) in [6.07, 6.45) is 1.38. The van der Waals surface area contributed by atoms with Crippen molar-refractivity contribution in [2.75, 3.05) is 7.05 Å². The number of aromatic carboxylic acids is 1. The molecule has 0 bridgehead atoms. The van der Waals surface area contributed by atoms with Gasteiger partial charge in [0.1, 0.15) is 17.1 Å². The number of amides is 1. The normalized spacial score (nSPS) is 10.3. The molecule has 0 saturated carbocycles. The molecule has 0 radical (unpaired) electrons. The summed E-state index contributed by atoms with van der Waals surface area (Å²) < 4.78 is 4.92. The number of aryl methyl sites for hydroxylation is 1. The largest absolute Gasteiger partial charge is 0.478 e. The summed E-state index contributed by atoms with van der Waals surface area (Å²) in [5.74, 6) is -1.03. The van der Waals surface area contributed by atoms with Crippen LogP contribution >= 0.6 is 0 Å². The number of aromatic nitrogens is 2. The monoisotopic (exact) mass is 275 g/mol. The maximum Gasteiger partial charge on any atom is 0.338 e. The first-order chi connectivity index (χ1) is 9.49. The molecule has 1 amide bonds. The van der Waals surface area contributed by atoms with Gasteiger partial charge >= 0.3 is 5.97 Å². The Balaban J connectivity index is 2.20. The number of rotatable bonds is 4. The van der Waals surface area contributed by atoms with Gasteiger partial charge in [0.15, 0.2) is 0 Å². The van der Waals surface area contributed by atoms with Gasteiger partial charge < -0.3 is 14.5 Å². The fraction of sp³-hybridized carbons (Fsp3) is 0.231. The molecule has 0 aliphatic rings. The van der Waals surface area contributed by atoms with Crippen molar-refractivity contribution in [1.82, 2.24) is 15.0 Å². The zero-order valence-electron chi connectivity index (χ0n) is 11.0. The van der Waals surface area contributed by atoms with Gasteiger partial charge in [-0.2, -0.15) is 0 Å². The molecule has 7 heteroatoms. The standard InChI is InChI=1S/C13H13N3O4/c1-8-6-9(15-20-8)7-16(2)12(17)11-10(13(18)19)4-3-5-14-11/h3-6H,7H2,1-2H3,(H,18,19). The molecule has 2 aromatic rings. The molecule has 0 saturated heterocycles. The van der Waals surface area contributed by atoms with Crippen LogP contribution in [0.5, 0.6) is 0 Å². The highest BCUT2D eigenvalue weighted by Gasteiger charge is 2.21. The van der Waals surface area contributed by atoms with E-state index in [2.05, 4.69) is 10.1 Å². The number of pyridine rings is 1. The Bertz CT molecular complexity index is 651. The van der Waals surface area contributed by atoms with E-state index in [0.29, 0.717) is 11.5 Å². The second-order valence-corrected chi connectivity index (χ2v) is 4.29. The third-order valence-electron chi connectivity index (χ3n) is 2.66. The number of nitrogens with zero attached hydrogens (tertiary/aromatic N) is 3. The molecule has 7 nitrogen and oxygen atoms in total. The third-order valence-corrected chi connectivity index (χ3v) is 2.66. The van der Waals surface area contributed by atoms with Crippen molar-refractivity contribution in [3.63, 3.8) is 0 Å². The fourth-order valence-corrected chi connectivity index (χ4v) is 1.74. The van der Waals surface area contributed by atoms with E-state index >= 15 is 0 Å². The maximum absolute atomic E-state index is 12.2. The van der Waals surface area contributed by atoms with E-state index in [0.717, 1.165) is 0 Å². The van der Waals surface area contributed by atoms with Crippen LogP contribution in [-0.4, -0.2) is 39.1 Å².